The molecule has 0 aromatic carbocycles. The van der Waals surface area contributed by atoms with Gasteiger partial charge < -0.3 is 15.4 Å². The first-order valence-electron chi connectivity index (χ1n) is 6.34. The van der Waals surface area contributed by atoms with Crippen LogP contribution >= 0.6 is 0 Å². The van der Waals surface area contributed by atoms with Gasteiger partial charge in [0, 0.05) is 32.7 Å². The number of nitrogens with zero attached hydrogens (tertiary/aromatic N) is 2. The summed E-state index contributed by atoms with van der Waals surface area (Å²) < 4.78 is 29.0. The number of hydrogen-bond donors (Lipinski definition) is 2. The Morgan fingerprint density at radius 1 is 1.21 bits per heavy atom. The summed E-state index contributed by atoms with van der Waals surface area (Å²) in [6.07, 6.45) is 0.995. The fourth-order valence-electron chi connectivity index (χ4n) is 2.43. The molecule has 9 heteroatoms. The zero-order valence-electron chi connectivity index (χ0n) is 10.7. The number of hydrogen-bond acceptors (Lipinski definition) is 5. The van der Waals surface area contributed by atoms with E-state index in [9.17, 15) is 13.2 Å². The van der Waals surface area contributed by atoms with Gasteiger partial charge in [0.1, 0.15) is 6.10 Å². The lowest BCUT2D eigenvalue weighted by atomic mass is 10.1. The van der Waals surface area contributed by atoms with Crippen molar-refractivity contribution in [2.45, 2.75) is 25.0 Å². The molecule has 0 spiro atoms. The first-order valence-corrected chi connectivity index (χ1v) is 7.84. The Labute approximate surface area is 112 Å². The van der Waals surface area contributed by atoms with E-state index in [1.807, 2.05) is 0 Å². The Kier molecular flexibility index (Phi) is 4.41. The second-order valence-electron chi connectivity index (χ2n) is 4.83. The number of piperazine rings is 1. The smallest absolute Gasteiger partial charge is 0.277 e. The maximum atomic E-state index is 12.2. The third kappa shape index (κ3) is 3.42. The fourth-order valence-corrected chi connectivity index (χ4v) is 3.10. The summed E-state index contributed by atoms with van der Waals surface area (Å²) in [6.45, 7) is 1.59. The highest BCUT2D eigenvalue weighted by Gasteiger charge is 2.35. The molecule has 0 bridgehead atoms. The Bertz CT molecular complexity index is 433. The molecule has 19 heavy (non-hydrogen) atoms. The molecule has 2 unspecified atom stereocenters. The van der Waals surface area contributed by atoms with Crippen LogP contribution < -0.4 is 10.9 Å². The molecular weight excluding hydrogens is 272 g/mol. The van der Waals surface area contributed by atoms with Gasteiger partial charge >= 0.3 is 0 Å². The standard InChI is InChI=1S/C10H20N4O4S/c11-7-8-1-2-9(18-8)10(15)13-3-5-14(6-4-13)19(12,16)17/h8-9H,1-7,11H2,(H2,12,16,17). The van der Waals surface area contributed by atoms with Crippen molar-refractivity contribution in [1.82, 2.24) is 9.21 Å². The van der Waals surface area contributed by atoms with Gasteiger partial charge in [-0.25, -0.2) is 5.14 Å². The summed E-state index contributed by atoms with van der Waals surface area (Å²) in [5.41, 5.74) is 5.50. The minimum absolute atomic E-state index is 0.0420. The quantitative estimate of drug-likeness (QED) is 0.614. The number of nitrogens with two attached hydrogens (primary N) is 2. The van der Waals surface area contributed by atoms with Crippen molar-refractivity contribution in [2.24, 2.45) is 10.9 Å². The van der Waals surface area contributed by atoms with E-state index in [0.717, 1.165) is 6.42 Å². The Morgan fingerprint density at radius 2 is 1.84 bits per heavy atom. The summed E-state index contributed by atoms with van der Waals surface area (Å²) in [4.78, 5) is 13.8. The SMILES string of the molecule is NCC1CCC(C(=O)N2CCN(S(N)(=O)=O)CC2)O1. The van der Waals surface area contributed by atoms with Crippen molar-refractivity contribution >= 4 is 16.1 Å². The van der Waals surface area contributed by atoms with Crippen molar-refractivity contribution in [3.05, 3.63) is 0 Å². The van der Waals surface area contributed by atoms with Gasteiger partial charge in [-0.3, -0.25) is 4.79 Å². The van der Waals surface area contributed by atoms with Crippen LogP contribution in [0.5, 0.6) is 0 Å². The van der Waals surface area contributed by atoms with Gasteiger partial charge in [0.15, 0.2) is 0 Å². The van der Waals surface area contributed by atoms with Gasteiger partial charge in [0.05, 0.1) is 6.10 Å². The molecule has 0 radical (unpaired) electrons. The Balaban J connectivity index is 1.86. The lowest BCUT2D eigenvalue weighted by Gasteiger charge is -2.34. The van der Waals surface area contributed by atoms with Crippen LogP contribution in [0.15, 0.2) is 0 Å². The molecule has 8 nitrogen and oxygen atoms in total. The van der Waals surface area contributed by atoms with Crippen molar-refractivity contribution < 1.29 is 17.9 Å². The number of amides is 1. The summed E-state index contributed by atoms with van der Waals surface area (Å²) >= 11 is 0. The van der Waals surface area contributed by atoms with E-state index in [2.05, 4.69) is 0 Å². The normalized spacial score (nSPS) is 29.7. The average molecular weight is 292 g/mol. The van der Waals surface area contributed by atoms with Crippen LogP contribution in [-0.2, 0) is 19.7 Å². The van der Waals surface area contributed by atoms with Crippen molar-refractivity contribution in [1.29, 1.82) is 0 Å². The zero-order chi connectivity index (χ0) is 14.0. The van der Waals surface area contributed by atoms with E-state index in [-0.39, 0.29) is 25.1 Å². The molecule has 0 aromatic rings. The van der Waals surface area contributed by atoms with Crippen LogP contribution in [0.1, 0.15) is 12.8 Å². The lowest BCUT2D eigenvalue weighted by Crippen LogP contribution is -2.54. The molecule has 1 amide bonds. The number of rotatable bonds is 3. The molecule has 0 aliphatic carbocycles. The van der Waals surface area contributed by atoms with Crippen LogP contribution in [0.2, 0.25) is 0 Å². The highest BCUT2D eigenvalue weighted by molar-refractivity contribution is 7.86. The minimum Gasteiger partial charge on any atom is -0.364 e. The fraction of sp³-hybridized carbons (Fsp3) is 0.900. The molecule has 0 saturated carbocycles. The average Bonchev–Trinajstić information content (AvgIpc) is 2.86. The van der Waals surface area contributed by atoms with E-state index in [1.165, 1.54) is 4.31 Å². The molecule has 2 aliphatic rings. The second-order valence-corrected chi connectivity index (χ2v) is 6.38. The van der Waals surface area contributed by atoms with Crippen LogP contribution in [0.25, 0.3) is 0 Å². The molecule has 2 saturated heterocycles. The van der Waals surface area contributed by atoms with E-state index >= 15 is 0 Å². The third-order valence-electron chi connectivity index (χ3n) is 3.56. The molecular formula is C10H20N4O4S. The summed E-state index contributed by atoms with van der Waals surface area (Å²) in [5, 5.41) is 5.05. The van der Waals surface area contributed by atoms with Gasteiger partial charge in [-0.1, -0.05) is 0 Å². The maximum Gasteiger partial charge on any atom is 0.277 e. The van der Waals surface area contributed by atoms with Crippen LogP contribution in [0, 0.1) is 0 Å². The summed E-state index contributed by atoms with van der Waals surface area (Å²) in [7, 11) is -3.66. The van der Waals surface area contributed by atoms with Crippen molar-refractivity contribution in [3.63, 3.8) is 0 Å². The highest BCUT2D eigenvalue weighted by Crippen LogP contribution is 2.21. The van der Waals surface area contributed by atoms with Gasteiger partial charge in [0.25, 0.3) is 16.1 Å². The van der Waals surface area contributed by atoms with Gasteiger partial charge in [-0.05, 0) is 12.8 Å². The van der Waals surface area contributed by atoms with E-state index in [0.29, 0.717) is 26.1 Å². The predicted molar refractivity (Wildman–Crippen MR) is 68.2 cm³/mol. The van der Waals surface area contributed by atoms with Gasteiger partial charge in [-0.2, -0.15) is 12.7 Å². The summed E-state index contributed by atoms with van der Waals surface area (Å²) in [5.74, 6) is -0.0787. The molecule has 2 rings (SSSR count). The molecule has 2 aliphatic heterocycles. The zero-order valence-corrected chi connectivity index (χ0v) is 11.5. The van der Waals surface area contributed by atoms with Gasteiger partial charge in [-0.15, -0.1) is 0 Å². The third-order valence-corrected chi connectivity index (χ3v) is 4.64. The van der Waals surface area contributed by atoms with E-state index in [4.69, 9.17) is 15.6 Å². The first-order chi connectivity index (χ1) is 8.91. The Morgan fingerprint density at radius 3 is 2.32 bits per heavy atom. The van der Waals surface area contributed by atoms with Crippen molar-refractivity contribution in [3.8, 4) is 0 Å². The molecule has 2 fully saturated rings. The van der Waals surface area contributed by atoms with Gasteiger partial charge in [0.2, 0.25) is 0 Å². The number of ether oxygens (including phenoxy) is 1. The van der Waals surface area contributed by atoms with Crippen molar-refractivity contribution in [2.75, 3.05) is 32.7 Å². The molecule has 110 valence electrons. The topological polar surface area (TPSA) is 119 Å². The van der Waals surface area contributed by atoms with E-state index < -0.39 is 16.3 Å². The molecule has 0 aromatic heterocycles. The lowest BCUT2D eigenvalue weighted by molar-refractivity contribution is -0.143. The predicted octanol–water partition coefficient (Wildman–Crippen LogP) is -2.16. The maximum absolute atomic E-state index is 12.2. The van der Waals surface area contributed by atoms with Crippen LogP contribution in [-0.4, -0.2) is 68.5 Å². The summed E-state index contributed by atoms with van der Waals surface area (Å²) in [6, 6.07) is 0. The first kappa shape index (κ1) is 14.7. The molecule has 2 atom stereocenters. The van der Waals surface area contributed by atoms with E-state index in [1.54, 1.807) is 4.90 Å². The largest absolute Gasteiger partial charge is 0.364 e. The number of carbonyl (C=O) groups is 1. The second kappa shape index (κ2) is 5.71. The Hall–Kier alpha value is -0.740. The number of carbonyl (C=O) groups excluding carboxylic acids is 1. The molecule has 4 N–H and O–H groups in total. The van der Waals surface area contributed by atoms with Crippen LogP contribution in [0.3, 0.4) is 0 Å². The highest BCUT2D eigenvalue weighted by atomic mass is 32.2. The monoisotopic (exact) mass is 292 g/mol. The minimum atomic E-state index is -3.66. The molecule has 2 heterocycles. The van der Waals surface area contributed by atoms with Crippen LogP contribution in [0.4, 0.5) is 0 Å².